The van der Waals surface area contributed by atoms with Crippen LogP contribution in [-0.2, 0) is 6.42 Å². The molecule has 0 bridgehead atoms. The van der Waals surface area contributed by atoms with Gasteiger partial charge in [0.25, 0.3) is 5.56 Å². The van der Waals surface area contributed by atoms with E-state index < -0.39 is 11.2 Å². The van der Waals surface area contributed by atoms with Gasteiger partial charge in [-0.1, -0.05) is 6.92 Å². The fourth-order valence-corrected chi connectivity index (χ4v) is 3.26. The van der Waals surface area contributed by atoms with E-state index in [2.05, 4.69) is 4.98 Å². The fourth-order valence-electron chi connectivity index (χ4n) is 2.18. The topological polar surface area (TPSA) is 75.1 Å². The first-order chi connectivity index (χ1) is 8.15. The number of nitrogens with zero attached hydrogens (tertiary/aromatic N) is 1. The Labute approximate surface area is 103 Å². The fraction of sp³-hybridized carbons (Fsp3) is 0.636. The van der Waals surface area contributed by atoms with E-state index in [0.717, 1.165) is 24.3 Å². The maximum Gasteiger partial charge on any atom is 0.331 e. The number of aromatic nitrogens is 2. The Bertz CT molecular complexity index is 514. The minimum absolute atomic E-state index is 0.00546. The lowest BCUT2D eigenvalue weighted by Gasteiger charge is -2.24. The molecule has 0 atom stereocenters. The highest BCUT2D eigenvalue weighted by atomic mass is 32.2. The average molecular weight is 256 g/mol. The largest absolute Gasteiger partial charge is 0.494 e. The van der Waals surface area contributed by atoms with Crippen molar-refractivity contribution < 1.29 is 5.11 Å². The van der Waals surface area contributed by atoms with E-state index in [1.807, 2.05) is 11.8 Å². The molecule has 0 saturated carbocycles. The van der Waals surface area contributed by atoms with E-state index in [-0.39, 0.29) is 11.9 Å². The molecule has 1 aromatic rings. The Morgan fingerprint density at radius 2 is 2.06 bits per heavy atom. The third-order valence-electron chi connectivity index (χ3n) is 3.12. The summed E-state index contributed by atoms with van der Waals surface area (Å²) >= 11 is 1.85. The lowest BCUT2D eigenvalue weighted by molar-refractivity contribution is 0.343. The van der Waals surface area contributed by atoms with Gasteiger partial charge in [-0.05, 0) is 30.8 Å². The lowest BCUT2D eigenvalue weighted by atomic mass is 10.1. The predicted octanol–water partition coefficient (Wildman–Crippen LogP) is 0.873. The van der Waals surface area contributed by atoms with Crippen molar-refractivity contribution in [2.24, 2.45) is 0 Å². The molecule has 1 aromatic heterocycles. The molecule has 1 aliphatic heterocycles. The molecular formula is C11H16N2O3S. The Hall–Kier alpha value is -1.17. The highest BCUT2D eigenvalue weighted by molar-refractivity contribution is 7.99. The van der Waals surface area contributed by atoms with E-state index >= 15 is 0 Å². The van der Waals surface area contributed by atoms with E-state index in [9.17, 15) is 14.7 Å². The third kappa shape index (κ3) is 2.26. The van der Waals surface area contributed by atoms with E-state index in [1.165, 1.54) is 4.57 Å². The van der Waals surface area contributed by atoms with Crippen LogP contribution in [0.25, 0.3) is 0 Å². The van der Waals surface area contributed by atoms with Crippen molar-refractivity contribution in [3.63, 3.8) is 0 Å². The van der Waals surface area contributed by atoms with Gasteiger partial charge < -0.3 is 5.11 Å². The van der Waals surface area contributed by atoms with Crippen LogP contribution < -0.4 is 11.2 Å². The number of thioether (sulfide) groups is 1. The molecule has 0 amide bonds. The third-order valence-corrected chi connectivity index (χ3v) is 4.17. The van der Waals surface area contributed by atoms with Crippen LogP contribution >= 0.6 is 11.8 Å². The molecule has 2 N–H and O–H groups in total. The minimum atomic E-state index is -0.499. The highest BCUT2D eigenvalue weighted by Crippen LogP contribution is 2.28. The van der Waals surface area contributed by atoms with Gasteiger partial charge in [0.05, 0.1) is 5.56 Å². The molecule has 94 valence electrons. The molecule has 1 saturated heterocycles. The van der Waals surface area contributed by atoms with Crippen molar-refractivity contribution in [1.29, 1.82) is 0 Å². The van der Waals surface area contributed by atoms with Gasteiger partial charge in [0.15, 0.2) is 0 Å². The number of hydrogen-bond acceptors (Lipinski definition) is 4. The van der Waals surface area contributed by atoms with Crippen molar-refractivity contribution >= 4 is 11.8 Å². The van der Waals surface area contributed by atoms with Gasteiger partial charge in [0.2, 0.25) is 5.88 Å². The first-order valence-electron chi connectivity index (χ1n) is 5.79. The van der Waals surface area contributed by atoms with E-state index in [1.54, 1.807) is 6.92 Å². The minimum Gasteiger partial charge on any atom is -0.494 e. The molecule has 2 rings (SSSR count). The van der Waals surface area contributed by atoms with Crippen molar-refractivity contribution in [3.8, 4) is 5.88 Å². The second-order valence-corrected chi connectivity index (χ2v) is 5.35. The SMILES string of the molecule is CCc1c(O)n(C2CCSCC2)c(=O)[nH]c1=O. The van der Waals surface area contributed by atoms with Crippen LogP contribution in [0.1, 0.15) is 31.4 Å². The van der Waals surface area contributed by atoms with Crippen LogP contribution in [0.5, 0.6) is 5.88 Å². The molecule has 0 radical (unpaired) electrons. The lowest BCUT2D eigenvalue weighted by Crippen LogP contribution is -2.35. The Morgan fingerprint density at radius 1 is 1.41 bits per heavy atom. The predicted molar refractivity (Wildman–Crippen MR) is 68.0 cm³/mol. The van der Waals surface area contributed by atoms with Gasteiger partial charge in [0.1, 0.15) is 0 Å². The molecule has 17 heavy (non-hydrogen) atoms. The quantitative estimate of drug-likeness (QED) is 0.823. The molecule has 0 aromatic carbocycles. The van der Waals surface area contributed by atoms with E-state index in [4.69, 9.17) is 0 Å². The summed E-state index contributed by atoms with van der Waals surface area (Å²) in [6.45, 7) is 1.79. The molecule has 1 aliphatic rings. The zero-order valence-electron chi connectivity index (χ0n) is 9.73. The number of hydrogen-bond donors (Lipinski definition) is 2. The molecule has 0 spiro atoms. The van der Waals surface area contributed by atoms with Crippen molar-refractivity contribution in [1.82, 2.24) is 9.55 Å². The Kier molecular flexibility index (Phi) is 3.61. The average Bonchev–Trinajstić information content (AvgIpc) is 2.30. The maximum absolute atomic E-state index is 11.8. The molecule has 0 aliphatic carbocycles. The van der Waals surface area contributed by atoms with Crippen LogP contribution in [0.3, 0.4) is 0 Å². The van der Waals surface area contributed by atoms with Crippen LogP contribution in [0.2, 0.25) is 0 Å². The summed E-state index contributed by atoms with van der Waals surface area (Å²) in [6, 6.07) is 0.00546. The van der Waals surface area contributed by atoms with Gasteiger partial charge in [0, 0.05) is 6.04 Å². The van der Waals surface area contributed by atoms with Crippen molar-refractivity contribution in [2.45, 2.75) is 32.2 Å². The van der Waals surface area contributed by atoms with Gasteiger partial charge in [-0.3, -0.25) is 14.3 Å². The van der Waals surface area contributed by atoms with Crippen molar-refractivity contribution in [2.75, 3.05) is 11.5 Å². The molecule has 0 unspecified atom stereocenters. The molecule has 6 heteroatoms. The van der Waals surface area contributed by atoms with Gasteiger partial charge in [-0.25, -0.2) is 4.79 Å². The van der Waals surface area contributed by atoms with Crippen LogP contribution in [-0.4, -0.2) is 26.2 Å². The van der Waals surface area contributed by atoms with Crippen LogP contribution in [0.4, 0.5) is 0 Å². The molecule has 1 fully saturated rings. The summed E-state index contributed by atoms with van der Waals surface area (Å²) in [4.78, 5) is 25.5. The molecule has 2 heterocycles. The van der Waals surface area contributed by atoms with Gasteiger partial charge in [-0.2, -0.15) is 11.8 Å². The number of rotatable bonds is 2. The maximum atomic E-state index is 11.8. The second kappa shape index (κ2) is 5.00. The first-order valence-corrected chi connectivity index (χ1v) is 6.95. The Morgan fingerprint density at radius 3 is 2.65 bits per heavy atom. The first kappa shape index (κ1) is 12.3. The summed E-state index contributed by atoms with van der Waals surface area (Å²) in [7, 11) is 0. The van der Waals surface area contributed by atoms with Gasteiger partial charge in [-0.15, -0.1) is 0 Å². The number of aromatic hydroxyl groups is 1. The standard InChI is InChI=1S/C11H16N2O3S/c1-2-8-9(14)12-11(16)13(10(8)15)7-3-5-17-6-4-7/h7,15H,2-6H2,1H3,(H,12,14,16). The monoisotopic (exact) mass is 256 g/mol. The summed E-state index contributed by atoms with van der Waals surface area (Å²) in [5, 5.41) is 10.0. The molecular weight excluding hydrogens is 240 g/mol. The molecule has 5 nitrogen and oxygen atoms in total. The summed E-state index contributed by atoms with van der Waals surface area (Å²) in [5.74, 6) is 1.81. The summed E-state index contributed by atoms with van der Waals surface area (Å²) < 4.78 is 1.35. The zero-order chi connectivity index (χ0) is 12.4. The number of nitrogens with one attached hydrogen (secondary N) is 1. The zero-order valence-corrected chi connectivity index (χ0v) is 10.5. The summed E-state index contributed by atoms with van der Waals surface area (Å²) in [5.41, 5.74) is -0.680. The smallest absolute Gasteiger partial charge is 0.331 e. The van der Waals surface area contributed by atoms with Crippen LogP contribution in [0.15, 0.2) is 9.59 Å². The van der Waals surface area contributed by atoms with Gasteiger partial charge >= 0.3 is 5.69 Å². The normalized spacial score (nSPS) is 17.2. The Balaban J connectivity index is 2.52. The second-order valence-electron chi connectivity index (χ2n) is 4.13. The van der Waals surface area contributed by atoms with E-state index in [0.29, 0.717) is 12.0 Å². The van der Waals surface area contributed by atoms with Crippen LogP contribution in [0, 0.1) is 0 Å². The van der Waals surface area contributed by atoms with Crippen molar-refractivity contribution in [3.05, 3.63) is 26.4 Å². The number of H-pyrrole nitrogens is 1. The highest BCUT2D eigenvalue weighted by Gasteiger charge is 2.22. The summed E-state index contributed by atoms with van der Waals surface area (Å²) in [6.07, 6.45) is 2.13. The number of aromatic amines is 1.